The number of rotatable bonds is 3. The van der Waals surface area contributed by atoms with Gasteiger partial charge in [0.2, 0.25) is 0 Å². The molecule has 0 saturated carbocycles. The SMILES string of the molecule is O=C(NCC1CNC1)c1csc2c1CCCC2. The van der Waals surface area contributed by atoms with E-state index in [4.69, 9.17) is 0 Å². The van der Waals surface area contributed by atoms with E-state index in [1.54, 1.807) is 11.3 Å². The molecular formula is C13H18N2OS. The Hall–Kier alpha value is -0.870. The first-order chi connectivity index (χ1) is 8.34. The molecular weight excluding hydrogens is 232 g/mol. The second kappa shape index (κ2) is 4.78. The van der Waals surface area contributed by atoms with E-state index in [0.29, 0.717) is 5.92 Å². The maximum absolute atomic E-state index is 12.1. The molecule has 2 heterocycles. The van der Waals surface area contributed by atoms with Crippen molar-refractivity contribution in [1.29, 1.82) is 0 Å². The van der Waals surface area contributed by atoms with Crippen LogP contribution in [0.1, 0.15) is 33.6 Å². The van der Waals surface area contributed by atoms with Gasteiger partial charge in [-0.1, -0.05) is 0 Å². The molecule has 1 aromatic heterocycles. The van der Waals surface area contributed by atoms with E-state index >= 15 is 0 Å². The van der Waals surface area contributed by atoms with Crippen molar-refractivity contribution < 1.29 is 4.79 Å². The Bertz CT molecular complexity index is 423. The van der Waals surface area contributed by atoms with Crippen molar-refractivity contribution in [2.24, 2.45) is 5.92 Å². The minimum Gasteiger partial charge on any atom is -0.352 e. The molecule has 0 atom stereocenters. The number of carbonyl (C=O) groups excluding carboxylic acids is 1. The van der Waals surface area contributed by atoms with E-state index in [1.165, 1.54) is 29.7 Å². The molecule has 4 heteroatoms. The summed E-state index contributed by atoms with van der Waals surface area (Å²) in [6, 6.07) is 0. The Balaban J connectivity index is 1.65. The van der Waals surface area contributed by atoms with Crippen LogP contribution in [0.2, 0.25) is 0 Å². The molecule has 1 aromatic rings. The van der Waals surface area contributed by atoms with E-state index in [0.717, 1.165) is 31.6 Å². The van der Waals surface area contributed by atoms with Crippen molar-refractivity contribution in [3.8, 4) is 0 Å². The lowest BCUT2D eigenvalue weighted by molar-refractivity contribution is 0.0941. The van der Waals surface area contributed by atoms with Crippen molar-refractivity contribution in [3.63, 3.8) is 0 Å². The van der Waals surface area contributed by atoms with Gasteiger partial charge in [-0.25, -0.2) is 0 Å². The Morgan fingerprint density at radius 1 is 1.41 bits per heavy atom. The van der Waals surface area contributed by atoms with Crippen LogP contribution in [0.4, 0.5) is 0 Å². The third kappa shape index (κ3) is 2.24. The number of hydrogen-bond acceptors (Lipinski definition) is 3. The van der Waals surface area contributed by atoms with E-state index in [1.807, 2.05) is 5.38 Å². The summed E-state index contributed by atoms with van der Waals surface area (Å²) in [6.07, 6.45) is 4.77. The predicted molar refractivity (Wildman–Crippen MR) is 69.7 cm³/mol. The molecule has 3 rings (SSSR count). The number of carbonyl (C=O) groups is 1. The summed E-state index contributed by atoms with van der Waals surface area (Å²) in [7, 11) is 0. The lowest BCUT2D eigenvalue weighted by Gasteiger charge is -2.27. The summed E-state index contributed by atoms with van der Waals surface area (Å²) in [5.41, 5.74) is 2.27. The van der Waals surface area contributed by atoms with Crippen LogP contribution in [0, 0.1) is 5.92 Å². The maximum atomic E-state index is 12.1. The lowest BCUT2D eigenvalue weighted by atomic mass is 9.95. The number of fused-ring (bicyclic) bond motifs is 1. The minimum atomic E-state index is 0.135. The summed E-state index contributed by atoms with van der Waals surface area (Å²) in [6.45, 7) is 2.90. The molecule has 2 aliphatic rings. The molecule has 1 saturated heterocycles. The van der Waals surface area contributed by atoms with Crippen LogP contribution in [0.5, 0.6) is 0 Å². The van der Waals surface area contributed by atoms with Gasteiger partial charge in [0, 0.05) is 35.8 Å². The Labute approximate surface area is 106 Å². The molecule has 0 bridgehead atoms. The zero-order chi connectivity index (χ0) is 11.7. The predicted octanol–water partition coefficient (Wildman–Crippen LogP) is 1.58. The van der Waals surface area contributed by atoms with Crippen molar-refractivity contribution in [2.45, 2.75) is 25.7 Å². The second-order valence-corrected chi connectivity index (χ2v) is 5.96. The Kier molecular flexibility index (Phi) is 3.16. The zero-order valence-electron chi connectivity index (χ0n) is 9.92. The average molecular weight is 250 g/mol. The van der Waals surface area contributed by atoms with Gasteiger partial charge in [0.1, 0.15) is 0 Å². The summed E-state index contributed by atoms with van der Waals surface area (Å²) in [5, 5.41) is 8.33. The van der Waals surface area contributed by atoms with Crippen LogP contribution >= 0.6 is 11.3 Å². The Morgan fingerprint density at radius 2 is 2.24 bits per heavy atom. The molecule has 0 spiro atoms. The molecule has 1 amide bonds. The topological polar surface area (TPSA) is 41.1 Å². The fourth-order valence-corrected chi connectivity index (χ4v) is 3.64. The highest BCUT2D eigenvalue weighted by Gasteiger charge is 2.22. The first kappa shape index (κ1) is 11.2. The molecule has 1 aliphatic carbocycles. The van der Waals surface area contributed by atoms with Crippen LogP contribution in [-0.2, 0) is 12.8 Å². The van der Waals surface area contributed by atoms with Gasteiger partial charge in [0.15, 0.2) is 0 Å². The van der Waals surface area contributed by atoms with Gasteiger partial charge in [0.25, 0.3) is 5.91 Å². The van der Waals surface area contributed by atoms with Crippen molar-refractivity contribution >= 4 is 17.2 Å². The van der Waals surface area contributed by atoms with Crippen LogP contribution in [-0.4, -0.2) is 25.5 Å². The van der Waals surface area contributed by atoms with Crippen molar-refractivity contribution in [1.82, 2.24) is 10.6 Å². The second-order valence-electron chi connectivity index (χ2n) is 4.99. The fourth-order valence-electron chi connectivity index (χ4n) is 2.51. The molecule has 17 heavy (non-hydrogen) atoms. The molecule has 1 aliphatic heterocycles. The average Bonchev–Trinajstić information content (AvgIpc) is 2.70. The van der Waals surface area contributed by atoms with Gasteiger partial charge in [-0.15, -0.1) is 11.3 Å². The minimum absolute atomic E-state index is 0.135. The highest BCUT2D eigenvalue weighted by Crippen LogP contribution is 2.30. The first-order valence-electron chi connectivity index (χ1n) is 6.43. The van der Waals surface area contributed by atoms with Crippen LogP contribution in [0.15, 0.2) is 5.38 Å². The first-order valence-corrected chi connectivity index (χ1v) is 7.30. The number of aryl methyl sites for hydroxylation is 1. The summed E-state index contributed by atoms with van der Waals surface area (Å²) < 4.78 is 0. The number of thiophene rings is 1. The lowest BCUT2D eigenvalue weighted by Crippen LogP contribution is -2.48. The summed E-state index contributed by atoms with van der Waals surface area (Å²) in [5.74, 6) is 0.768. The third-order valence-corrected chi connectivity index (χ3v) is 4.81. The number of nitrogens with one attached hydrogen (secondary N) is 2. The van der Waals surface area contributed by atoms with E-state index in [9.17, 15) is 4.79 Å². The van der Waals surface area contributed by atoms with Gasteiger partial charge in [-0.3, -0.25) is 4.79 Å². The quantitative estimate of drug-likeness (QED) is 0.855. The number of hydrogen-bond donors (Lipinski definition) is 2. The summed E-state index contributed by atoms with van der Waals surface area (Å²) in [4.78, 5) is 13.5. The number of amides is 1. The standard InChI is InChI=1S/C13H18N2OS/c16-13(15-7-9-5-14-6-9)11-8-17-12-4-2-1-3-10(11)12/h8-9,14H,1-7H2,(H,15,16). The van der Waals surface area contributed by atoms with Crippen molar-refractivity contribution in [2.75, 3.05) is 19.6 Å². The van der Waals surface area contributed by atoms with Gasteiger partial charge in [-0.05, 0) is 31.2 Å². The fraction of sp³-hybridized carbons (Fsp3) is 0.615. The molecule has 0 radical (unpaired) electrons. The molecule has 3 nitrogen and oxygen atoms in total. The molecule has 1 fully saturated rings. The van der Waals surface area contributed by atoms with E-state index in [2.05, 4.69) is 10.6 Å². The molecule has 92 valence electrons. The van der Waals surface area contributed by atoms with Gasteiger partial charge in [-0.2, -0.15) is 0 Å². The highest BCUT2D eigenvalue weighted by molar-refractivity contribution is 7.10. The highest BCUT2D eigenvalue weighted by atomic mass is 32.1. The van der Waals surface area contributed by atoms with Gasteiger partial charge < -0.3 is 10.6 Å². The third-order valence-electron chi connectivity index (χ3n) is 3.72. The zero-order valence-corrected chi connectivity index (χ0v) is 10.7. The monoisotopic (exact) mass is 250 g/mol. The molecule has 0 aromatic carbocycles. The van der Waals surface area contributed by atoms with Crippen LogP contribution in [0.3, 0.4) is 0 Å². The Morgan fingerprint density at radius 3 is 3.00 bits per heavy atom. The van der Waals surface area contributed by atoms with Crippen LogP contribution < -0.4 is 10.6 Å². The smallest absolute Gasteiger partial charge is 0.252 e. The largest absolute Gasteiger partial charge is 0.352 e. The van der Waals surface area contributed by atoms with Crippen LogP contribution in [0.25, 0.3) is 0 Å². The molecule has 0 unspecified atom stereocenters. The normalized spacial score (nSPS) is 19.5. The molecule has 2 N–H and O–H groups in total. The van der Waals surface area contributed by atoms with Gasteiger partial charge >= 0.3 is 0 Å². The summed E-state index contributed by atoms with van der Waals surface area (Å²) >= 11 is 1.76. The van der Waals surface area contributed by atoms with Crippen molar-refractivity contribution in [3.05, 3.63) is 21.4 Å². The maximum Gasteiger partial charge on any atom is 0.252 e. The van der Waals surface area contributed by atoms with E-state index < -0.39 is 0 Å². The van der Waals surface area contributed by atoms with Gasteiger partial charge in [0.05, 0.1) is 5.56 Å². The van der Waals surface area contributed by atoms with E-state index in [-0.39, 0.29) is 5.91 Å².